The van der Waals surface area contributed by atoms with E-state index in [-0.39, 0.29) is 30.9 Å². The first-order valence-electron chi connectivity index (χ1n) is 4.89. The molecule has 0 aliphatic rings. The van der Waals surface area contributed by atoms with Crippen molar-refractivity contribution in [1.82, 2.24) is 0 Å². The number of benzene rings is 1. The van der Waals surface area contributed by atoms with Crippen LogP contribution in [0.2, 0.25) is 0 Å². The highest BCUT2D eigenvalue weighted by molar-refractivity contribution is 5.85. The molecule has 0 amide bonds. The summed E-state index contributed by atoms with van der Waals surface area (Å²) < 4.78 is 18.4. The molecule has 1 rings (SSSR count). The van der Waals surface area contributed by atoms with E-state index in [0.717, 1.165) is 0 Å². The van der Waals surface area contributed by atoms with Crippen molar-refractivity contribution in [2.75, 3.05) is 13.7 Å². The first kappa shape index (κ1) is 15.2. The standard InChI is InChI=1S/C11H16FNO2.ClH/c1-15-8-4-5-9(10(12)7-8)11(13)3-2-6-14;/h4-5,7,11,14H,2-3,6,13H2,1H3;1H/t11-;/m1./s1. The molecular weight excluding hydrogens is 233 g/mol. The average molecular weight is 250 g/mol. The molecule has 92 valence electrons. The van der Waals surface area contributed by atoms with Crippen LogP contribution in [0.5, 0.6) is 5.75 Å². The van der Waals surface area contributed by atoms with Crippen molar-refractivity contribution in [2.24, 2.45) is 5.73 Å². The molecule has 1 aromatic rings. The van der Waals surface area contributed by atoms with E-state index in [1.807, 2.05) is 0 Å². The van der Waals surface area contributed by atoms with Gasteiger partial charge < -0.3 is 15.6 Å². The summed E-state index contributed by atoms with van der Waals surface area (Å²) in [6.07, 6.45) is 1.15. The molecule has 0 aliphatic carbocycles. The second-order valence-electron chi connectivity index (χ2n) is 3.36. The van der Waals surface area contributed by atoms with Crippen LogP contribution in [0.15, 0.2) is 18.2 Å². The third-order valence-corrected chi connectivity index (χ3v) is 2.28. The topological polar surface area (TPSA) is 55.5 Å². The van der Waals surface area contributed by atoms with Crippen molar-refractivity contribution >= 4 is 12.4 Å². The molecule has 5 heteroatoms. The van der Waals surface area contributed by atoms with Crippen molar-refractivity contribution < 1.29 is 14.2 Å². The summed E-state index contributed by atoms with van der Waals surface area (Å²) in [5.74, 6) is 0.116. The molecule has 0 bridgehead atoms. The van der Waals surface area contributed by atoms with E-state index >= 15 is 0 Å². The quantitative estimate of drug-likeness (QED) is 0.840. The maximum atomic E-state index is 13.5. The molecule has 3 nitrogen and oxygen atoms in total. The van der Waals surface area contributed by atoms with E-state index in [2.05, 4.69) is 0 Å². The molecule has 0 heterocycles. The van der Waals surface area contributed by atoms with Crippen LogP contribution in [0.3, 0.4) is 0 Å². The first-order valence-corrected chi connectivity index (χ1v) is 4.89. The number of methoxy groups -OCH3 is 1. The molecule has 0 saturated heterocycles. The Hall–Kier alpha value is -0.840. The maximum Gasteiger partial charge on any atom is 0.131 e. The van der Waals surface area contributed by atoms with Crippen LogP contribution in [0.1, 0.15) is 24.4 Å². The molecule has 0 aliphatic heterocycles. The van der Waals surface area contributed by atoms with E-state index in [9.17, 15) is 4.39 Å². The van der Waals surface area contributed by atoms with E-state index in [0.29, 0.717) is 24.2 Å². The predicted molar refractivity (Wildman–Crippen MR) is 63.4 cm³/mol. The van der Waals surface area contributed by atoms with Gasteiger partial charge in [-0.05, 0) is 18.9 Å². The second-order valence-corrected chi connectivity index (χ2v) is 3.36. The minimum Gasteiger partial charge on any atom is -0.497 e. The monoisotopic (exact) mass is 249 g/mol. The molecule has 1 aromatic carbocycles. The number of nitrogens with two attached hydrogens (primary N) is 1. The van der Waals surface area contributed by atoms with E-state index in [1.165, 1.54) is 13.2 Å². The summed E-state index contributed by atoms with van der Waals surface area (Å²) in [5.41, 5.74) is 6.24. The zero-order valence-electron chi connectivity index (χ0n) is 9.15. The highest BCUT2D eigenvalue weighted by Gasteiger charge is 2.11. The lowest BCUT2D eigenvalue weighted by Crippen LogP contribution is -2.12. The fourth-order valence-corrected chi connectivity index (χ4v) is 1.40. The Morgan fingerprint density at radius 2 is 2.19 bits per heavy atom. The summed E-state index contributed by atoms with van der Waals surface area (Å²) in [4.78, 5) is 0. The molecule has 0 radical (unpaired) electrons. The van der Waals surface area contributed by atoms with Crippen LogP contribution in [-0.4, -0.2) is 18.8 Å². The Morgan fingerprint density at radius 1 is 1.50 bits per heavy atom. The Balaban J connectivity index is 0.00000225. The largest absolute Gasteiger partial charge is 0.497 e. The zero-order valence-corrected chi connectivity index (χ0v) is 9.97. The lowest BCUT2D eigenvalue weighted by molar-refractivity contribution is 0.279. The number of aliphatic hydroxyl groups is 1. The van der Waals surface area contributed by atoms with Crippen molar-refractivity contribution in [1.29, 1.82) is 0 Å². The number of halogens is 2. The van der Waals surface area contributed by atoms with Gasteiger partial charge in [0.1, 0.15) is 11.6 Å². The summed E-state index contributed by atoms with van der Waals surface area (Å²) in [6, 6.07) is 4.24. The molecular formula is C11H17ClFNO2. The van der Waals surface area contributed by atoms with Gasteiger partial charge >= 0.3 is 0 Å². The highest BCUT2D eigenvalue weighted by atomic mass is 35.5. The van der Waals surface area contributed by atoms with Crippen molar-refractivity contribution in [3.8, 4) is 5.75 Å². The number of hydrogen-bond acceptors (Lipinski definition) is 3. The molecule has 0 saturated carbocycles. The summed E-state index contributed by atoms with van der Waals surface area (Å²) in [6.45, 7) is 0.0749. The van der Waals surface area contributed by atoms with Gasteiger partial charge in [-0.15, -0.1) is 12.4 Å². The Morgan fingerprint density at radius 3 is 2.69 bits per heavy atom. The second kappa shape index (κ2) is 7.44. The van der Waals surface area contributed by atoms with Gasteiger partial charge in [-0.3, -0.25) is 0 Å². The Labute approximate surface area is 101 Å². The van der Waals surface area contributed by atoms with Crippen LogP contribution in [0.25, 0.3) is 0 Å². The Bertz CT molecular complexity index is 323. The molecule has 0 spiro atoms. The van der Waals surface area contributed by atoms with E-state index in [4.69, 9.17) is 15.6 Å². The third-order valence-electron chi connectivity index (χ3n) is 2.28. The summed E-state index contributed by atoms with van der Waals surface area (Å²) in [7, 11) is 1.49. The number of aliphatic hydroxyl groups excluding tert-OH is 1. The maximum absolute atomic E-state index is 13.5. The molecule has 0 fully saturated rings. The minimum absolute atomic E-state index is 0. The molecule has 3 N–H and O–H groups in total. The van der Waals surface area contributed by atoms with E-state index < -0.39 is 0 Å². The van der Waals surface area contributed by atoms with Crippen LogP contribution >= 0.6 is 12.4 Å². The SMILES string of the molecule is COc1ccc([C@H](N)CCCO)c(F)c1.Cl. The minimum atomic E-state index is -0.372. The van der Waals surface area contributed by atoms with Crippen LogP contribution < -0.4 is 10.5 Å². The van der Waals surface area contributed by atoms with Gasteiger partial charge in [0.25, 0.3) is 0 Å². The lowest BCUT2D eigenvalue weighted by atomic mass is 10.0. The summed E-state index contributed by atoms with van der Waals surface area (Å²) >= 11 is 0. The van der Waals surface area contributed by atoms with Gasteiger partial charge in [-0.25, -0.2) is 4.39 Å². The smallest absolute Gasteiger partial charge is 0.131 e. The van der Waals surface area contributed by atoms with Crippen LogP contribution in [0.4, 0.5) is 4.39 Å². The normalized spacial score (nSPS) is 11.8. The number of rotatable bonds is 5. The molecule has 16 heavy (non-hydrogen) atoms. The van der Waals surface area contributed by atoms with Crippen molar-refractivity contribution in [2.45, 2.75) is 18.9 Å². The van der Waals surface area contributed by atoms with Crippen molar-refractivity contribution in [3.63, 3.8) is 0 Å². The fraction of sp³-hybridized carbons (Fsp3) is 0.455. The molecule has 1 atom stereocenters. The van der Waals surface area contributed by atoms with E-state index in [1.54, 1.807) is 12.1 Å². The highest BCUT2D eigenvalue weighted by Crippen LogP contribution is 2.22. The Kier molecular flexibility index (Phi) is 7.05. The van der Waals surface area contributed by atoms with Crippen LogP contribution in [-0.2, 0) is 0 Å². The van der Waals surface area contributed by atoms with Gasteiger partial charge in [0, 0.05) is 24.3 Å². The average Bonchev–Trinajstić information content (AvgIpc) is 2.25. The van der Waals surface area contributed by atoms with Crippen molar-refractivity contribution in [3.05, 3.63) is 29.6 Å². The fourth-order valence-electron chi connectivity index (χ4n) is 1.40. The molecule has 0 unspecified atom stereocenters. The number of ether oxygens (including phenoxy) is 1. The van der Waals surface area contributed by atoms with Gasteiger partial charge in [0.05, 0.1) is 7.11 Å². The number of hydrogen-bond donors (Lipinski definition) is 2. The van der Waals surface area contributed by atoms with Gasteiger partial charge in [-0.1, -0.05) is 6.07 Å². The first-order chi connectivity index (χ1) is 7.19. The zero-order chi connectivity index (χ0) is 11.3. The lowest BCUT2D eigenvalue weighted by Gasteiger charge is -2.12. The van der Waals surface area contributed by atoms with Gasteiger partial charge in [0.2, 0.25) is 0 Å². The van der Waals surface area contributed by atoms with Crippen LogP contribution in [0, 0.1) is 5.82 Å². The summed E-state index contributed by atoms with van der Waals surface area (Å²) in [5, 5.41) is 8.64. The van der Waals surface area contributed by atoms with Gasteiger partial charge in [0.15, 0.2) is 0 Å². The predicted octanol–water partition coefficient (Wildman–Crippen LogP) is 2.03. The van der Waals surface area contributed by atoms with Gasteiger partial charge in [-0.2, -0.15) is 0 Å². The molecule has 0 aromatic heterocycles. The third kappa shape index (κ3) is 3.96.